The molecule has 0 aliphatic carbocycles. The van der Waals surface area contributed by atoms with E-state index < -0.39 is 0 Å². The molecule has 0 unspecified atom stereocenters. The van der Waals surface area contributed by atoms with E-state index in [1.54, 1.807) is 16.9 Å². The fourth-order valence-corrected chi connectivity index (χ4v) is 2.59. The number of thiocarbonyl (C=S) groups is 1. The lowest BCUT2D eigenvalue weighted by Crippen LogP contribution is -2.33. The molecule has 1 aromatic heterocycles. The van der Waals surface area contributed by atoms with Gasteiger partial charge in [0.05, 0.1) is 18.4 Å². The van der Waals surface area contributed by atoms with Crippen LogP contribution < -0.4 is 10.6 Å². The van der Waals surface area contributed by atoms with Crippen LogP contribution in [0.15, 0.2) is 30.6 Å². The molecule has 1 heterocycles. The Morgan fingerprint density at radius 2 is 2.14 bits per heavy atom. The summed E-state index contributed by atoms with van der Waals surface area (Å²) in [4.78, 5) is 0. The van der Waals surface area contributed by atoms with Gasteiger partial charge in [0.1, 0.15) is 0 Å². The molecule has 0 fully saturated rings. The van der Waals surface area contributed by atoms with Crippen molar-refractivity contribution >= 4 is 46.2 Å². The summed E-state index contributed by atoms with van der Waals surface area (Å²) in [5, 5.41) is 12.3. The predicted molar refractivity (Wildman–Crippen MR) is 92.3 cm³/mol. The maximum atomic E-state index is 6.16. The van der Waals surface area contributed by atoms with E-state index in [9.17, 15) is 0 Å². The monoisotopic (exact) mass is 342 g/mol. The Labute approximate surface area is 139 Å². The lowest BCUT2D eigenvalue weighted by molar-refractivity contribution is 0.687. The van der Waals surface area contributed by atoms with Crippen molar-refractivity contribution in [2.75, 3.05) is 5.32 Å². The minimum atomic E-state index is 0.285. The molecular weight excluding hydrogens is 327 g/mol. The molecule has 0 spiro atoms. The third-order valence-electron chi connectivity index (χ3n) is 2.66. The normalized spacial score (nSPS) is 10.7. The van der Waals surface area contributed by atoms with E-state index in [0.717, 1.165) is 11.3 Å². The zero-order valence-corrected chi connectivity index (χ0v) is 14.1. The fraction of sp³-hybridized carbons (Fsp3) is 0.286. The number of nitrogens with one attached hydrogen (secondary N) is 2. The van der Waals surface area contributed by atoms with E-state index in [4.69, 9.17) is 35.4 Å². The highest BCUT2D eigenvalue weighted by Gasteiger charge is 2.05. The summed E-state index contributed by atoms with van der Waals surface area (Å²) in [5.74, 6) is 0. The van der Waals surface area contributed by atoms with Crippen molar-refractivity contribution in [1.29, 1.82) is 0 Å². The Morgan fingerprint density at radius 3 is 2.81 bits per heavy atom. The lowest BCUT2D eigenvalue weighted by atomic mass is 10.2. The molecule has 0 radical (unpaired) electrons. The van der Waals surface area contributed by atoms with Crippen LogP contribution in [0.3, 0.4) is 0 Å². The van der Waals surface area contributed by atoms with Gasteiger partial charge in [0, 0.05) is 22.3 Å². The number of aromatic nitrogens is 2. The summed E-state index contributed by atoms with van der Waals surface area (Å²) in [6, 6.07) is 5.72. The van der Waals surface area contributed by atoms with Crippen LogP contribution in [0.25, 0.3) is 0 Å². The van der Waals surface area contributed by atoms with E-state index in [-0.39, 0.29) is 6.04 Å². The first-order valence-electron chi connectivity index (χ1n) is 6.48. The molecule has 0 atom stereocenters. The number of benzene rings is 1. The number of hydrogen-bond donors (Lipinski definition) is 2. The zero-order valence-electron chi connectivity index (χ0n) is 11.7. The van der Waals surface area contributed by atoms with Gasteiger partial charge in [-0.1, -0.05) is 29.3 Å². The molecule has 0 aliphatic heterocycles. The maximum Gasteiger partial charge on any atom is 0.171 e. The van der Waals surface area contributed by atoms with E-state index in [1.165, 1.54) is 0 Å². The average molecular weight is 343 g/mol. The molecule has 0 amide bonds. The summed E-state index contributed by atoms with van der Waals surface area (Å²) in [7, 11) is 0. The standard InChI is InChI=1S/C14H16Cl2N4S/c1-9(2)18-14(21)19-12-6-17-20(8-12)7-10-3-4-11(15)5-13(10)16/h3-6,8-9H,7H2,1-2H3,(H2,18,19,21). The van der Waals surface area contributed by atoms with Crippen LogP contribution in [-0.2, 0) is 6.54 Å². The summed E-state index contributed by atoms with van der Waals surface area (Å²) >= 11 is 17.2. The number of nitrogens with zero attached hydrogens (tertiary/aromatic N) is 2. The first-order valence-corrected chi connectivity index (χ1v) is 7.64. The van der Waals surface area contributed by atoms with Gasteiger partial charge in [-0.05, 0) is 43.8 Å². The molecule has 2 rings (SSSR count). The van der Waals surface area contributed by atoms with Crippen LogP contribution in [0.4, 0.5) is 5.69 Å². The van der Waals surface area contributed by atoms with Crippen LogP contribution in [-0.4, -0.2) is 20.9 Å². The Morgan fingerprint density at radius 1 is 1.38 bits per heavy atom. The minimum absolute atomic E-state index is 0.285. The molecule has 0 aliphatic rings. The largest absolute Gasteiger partial charge is 0.360 e. The Balaban J connectivity index is 2.01. The van der Waals surface area contributed by atoms with Gasteiger partial charge in [0.2, 0.25) is 0 Å². The van der Waals surface area contributed by atoms with Crippen molar-refractivity contribution in [3.8, 4) is 0 Å². The minimum Gasteiger partial charge on any atom is -0.360 e. The molecule has 2 N–H and O–H groups in total. The Hall–Kier alpha value is -1.30. The van der Waals surface area contributed by atoms with Gasteiger partial charge in [0.25, 0.3) is 0 Å². The van der Waals surface area contributed by atoms with Gasteiger partial charge >= 0.3 is 0 Å². The van der Waals surface area contributed by atoms with Gasteiger partial charge in [-0.15, -0.1) is 0 Å². The molecular formula is C14H16Cl2N4S. The topological polar surface area (TPSA) is 41.9 Å². The number of anilines is 1. The van der Waals surface area contributed by atoms with Crippen molar-refractivity contribution in [2.24, 2.45) is 0 Å². The second-order valence-corrected chi connectivity index (χ2v) is 6.17. The van der Waals surface area contributed by atoms with E-state index in [2.05, 4.69) is 15.7 Å². The van der Waals surface area contributed by atoms with Crippen molar-refractivity contribution in [2.45, 2.75) is 26.4 Å². The number of hydrogen-bond acceptors (Lipinski definition) is 2. The van der Waals surface area contributed by atoms with E-state index in [0.29, 0.717) is 21.7 Å². The van der Waals surface area contributed by atoms with Crippen LogP contribution in [0, 0.1) is 0 Å². The highest BCUT2D eigenvalue weighted by molar-refractivity contribution is 7.80. The summed E-state index contributed by atoms with van der Waals surface area (Å²) in [6.07, 6.45) is 3.59. The smallest absolute Gasteiger partial charge is 0.171 e. The molecule has 1 aromatic carbocycles. The summed E-state index contributed by atoms with van der Waals surface area (Å²) < 4.78 is 1.79. The van der Waals surface area contributed by atoms with Gasteiger partial charge in [0.15, 0.2) is 5.11 Å². The first kappa shape index (κ1) is 16.1. The number of halogens is 2. The van der Waals surface area contributed by atoms with E-state index >= 15 is 0 Å². The average Bonchev–Trinajstić information content (AvgIpc) is 2.79. The molecule has 2 aromatic rings. The van der Waals surface area contributed by atoms with Gasteiger partial charge in [-0.2, -0.15) is 5.10 Å². The molecule has 0 bridgehead atoms. The fourth-order valence-electron chi connectivity index (χ4n) is 1.77. The van der Waals surface area contributed by atoms with Crippen LogP contribution >= 0.6 is 35.4 Å². The van der Waals surface area contributed by atoms with Crippen LogP contribution in [0.2, 0.25) is 10.0 Å². The van der Waals surface area contributed by atoms with Crippen molar-refractivity contribution in [3.05, 3.63) is 46.2 Å². The highest BCUT2D eigenvalue weighted by atomic mass is 35.5. The highest BCUT2D eigenvalue weighted by Crippen LogP contribution is 2.22. The van der Waals surface area contributed by atoms with Gasteiger partial charge < -0.3 is 10.6 Å². The molecule has 0 saturated heterocycles. The van der Waals surface area contributed by atoms with Crippen molar-refractivity contribution < 1.29 is 0 Å². The van der Waals surface area contributed by atoms with Crippen molar-refractivity contribution in [3.63, 3.8) is 0 Å². The molecule has 0 saturated carbocycles. The third-order valence-corrected chi connectivity index (χ3v) is 3.47. The quantitative estimate of drug-likeness (QED) is 0.826. The SMILES string of the molecule is CC(C)NC(=S)Nc1cnn(Cc2ccc(Cl)cc2Cl)c1. The van der Waals surface area contributed by atoms with Crippen LogP contribution in [0.1, 0.15) is 19.4 Å². The maximum absolute atomic E-state index is 6.16. The summed E-state index contributed by atoms with van der Waals surface area (Å²) in [6.45, 7) is 4.63. The third kappa shape index (κ3) is 4.88. The Bertz CT molecular complexity index is 640. The molecule has 112 valence electrons. The van der Waals surface area contributed by atoms with Gasteiger partial charge in [-0.3, -0.25) is 4.68 Å². The van der Waals surface area contributed by atoms with Crippen LogP contribution in [0.5, 0.6) is 0 Å². The zero-order chi connectivity index (χ0) is 15.4. The lowest BCUT2D eigenvalue weighted by Gasteiger charge is -2.11. The van der Waals surface area contributed by atoms with Crippen molar-refractivity contribution in [1.82, 2.24) is 15.1 Å². The second-order valence-electron chi connectivity index (χ2n) is 4.92. The number of rotatable bonds is 4. The second kappa shape index (κ2) is 7.11. The molecule has 7 heteroatoms. The predicted octanol–water partition coefficient (Wildman–Crippen LogP) is 3.93. The molecule has 4 nitrogen and oxygen atoms in total. The Kier molecular flexibility index (Phi) is 5.45. The van der Waals surface area contributed by atoms with Gasteiger partial charge in [-0.25, -0.2) is 0 Å². The molecule has 21 heavy (non-hydrogen) atoms. The van der Waals surface area contributed by atoms with E-state index in [1.807, 2.05) is 32.2 Å². The summed E-state index contributed by atoms with van der Waals surface area (Å²) in [5.41, 5.74) is 1.79. The first-order chi connectivity index (χ1) is 9.94.